The minimum atomic E-state index is -0.606. The van der Waals surface area contributed by atoms with Gasteiger partial charge in [0.1, 0.15) is 0 Å². The molecule has 1 aromatic rings. The molecule has 124 valence electrons. The number of hydrogen-bond acceptors (Lipinski definition) is 5. The van der Waals surface area contributed by atoms with Crippen LogP contribution in [-0.4, -0.2) is 60.4 Å². The van der Waals surface area contributed by atoms with Gasteiger partial charge in [0.05, 0.1) is 0 Å². The molecule has 1 unspecified atom stereocenters. The van der Waals surface area contributed by atoms with Crippen LogP contribution in [-0.2, 0) is 9.47 Å². The summed E-state index contributed by atoms with van der Waals surface area (Å²) in [7, 11) is 0. The van der Waals surface area contributed by atoms with Gasteiger partial charge in [-0.3, -0.25) is 0 Å². The normalized spacial score (nSPS) is 17.5. The van der Waals surface area contributed by atoms with E-state index in [0.717, 1.165) is 10.2 Å². The van der Waals surface area contributed by atoms with Crippen molar-refractivity contribution in [2.75, 3.05) is 13.2 Å². The van der Waals surface area contributed by atoms with Crippen molar-refractivity contribution < 1.29 is 19.1 Å². The third kappa shape index (κ3) is 4.03. The van der Waals surface area contributed by atoms with Crippen molar-refractivity contribution in [3.8, 4) is 0 Å². The first-order valence-corrected chi connectivity index (χ1v) is 8.94. The van der Waals surface area contributed by atoms with Gasteiger partial charge in [0.15, 0.2) is 0 Å². The van der Waals surface area contributed by atoms with Gasteiger partial charge in [-0.2, -0.15) is 0 Å². The number of nitrogens with zero attached hydrogens (tertiary/aromatic N) is 3. The molecule has 0 aromatic heterocycles. The molecule has 1 heterocycles. The molecule has 0 aliphatic carbocycles. The molecule has 1 aliphatic heterocycles. The number of carbonyl (C=O) groups is 2. The van der Waals surface area contributed by atoms with Crippen molar-refractivity contribution in [2.45, 2.75) is 26.9 Å². The van der Waals surface area contributed by atoms with Crippen LogP contribution < -0.4 is 0 Å². The Bertz CT molecular complexity index is 594. The molecule has 7 nitrogen and oxygen atoms in total. The van der Waals surface area contributed by atoms with Crippen molar-refractivity contribution >= 4 is 32.0 Å². The number of aliphatic imine (C=N–C) groups is 1. The van der Waals surface area contributed by atoms with Crippen LogP contribution in [0.3, 0.4) is 0 Å². The molecule has 8 heteroatoms. The van der Waals surface area contributed by atoms with E-state index >= 15 is 0 Å². The predicted molar refractivity (Wildman–Crippen MR) is 85.9 cm³/mol. The predicted octanol–water partition coefficient (Wildman–Crippen LogP) is 2.24. The molecule has 1 atom stereocenters. The van der Waals surface area contributed by atoms with E-state index in [4.69, 9.17) is 9.47 Å². The monoisotopic (exact) mass is 385 g/mol. The van der Waals surface area contributed by atoms with Gasteiger partial charge >= 0.3 is 141 Å². The molecule has 0 spiro atoms. The number of ether oxygens (including phenoxy) is 2. The second kappa shape index (κ2) is 7.99. The summed E-state index contributed by atoms with van der Waals surface area (Å²) in [4.78, 5) is 29.0. The van der Waals surface area contributed by atoms with E-state index in [-0.39, 0.29) is 13.2 Å². The molecule has 0 bridgehead atoms. The van der Waals surface area contributed by atoms with E-state index in [1.54, 1.807) is 20.8 Å². The molecule has 1 aromatic carbocycles. The summed E-state index contributed by atoms with van der Waals surface area (Å²) in [5, 5.41) is 1.22. The molecule has 2 rings (SSSR count). The van der Waals surface area contributed by atoms with Gasteiger partial charge in [-0.25, -0.2) is 0 Å². The Balaban J connectivity index is 2.33. The molecule has 2 amide bonds. The van der Waals surface area contributed by atoms with Crippen molar-refractivity contribution in [1.29, 1.82) is 0 Å². The second-order valence-electron chi connectivity index (χ2n) is 4.54. The van der Waals surface area contributed by atoms with Crippen molar-refractivity contribution in [3.05, 3.63) is 35.9 Å². The number of hydrogen-bond donors (Lipinski definition) is 0. The fourth-order valence-corrected chi connectivity index (χ4v) is 4.10. The van der Waals surface area contributed by atoms with Crippen molar-refractivity contribution in [3.63, 3.8) is 0 Å². The zero-order valence-corrected chi connectivity index (χ0v) is 15.0. The van der Waals surface area contributed by atoms with E-state index in [1.807, 2.05) is 30.3 Å². The summed E-state index contributed by atoms with van der Waals surface area (Å²) in [6, 6.07) is 9.58. The van der Waals surface area contributed by atoms with Crippen LogP contribution in [0, 0.1) is 0 Å². The maximum atomic E-state index is 12.3. The van der Waals surface area contributed by atoms with Gasteiger partial charge in [0.2, 0.25) is 0 Å². The van der Waals surface area contributed by atoms with Crippen LogP contribution in [0.5, 0.6) is 0 Å². The van der Waals surface area contributed by atoms with Crippen molar-refractivity contribution in [2.24, 2.45) is 4.99 Å². The third-order valence-electron chi connectivity index (χ3n) is 2.93. The summed E-state index contributed by atoms with van der Waals surface area (Å²) in [6.45, 7) is 5.63. The van der Waals surface area contributed by atoms with Crippen molar-refractivity contribution in [1.82, 2.24) is 9.03 Å². The second-order valence-corrected chi connectivity index (χ2v) is 6.46. The molecule has 0 N–H and O–H groups in total. The van der Waals surface area contributed by atoms with Crippen LogP contribution in [0.4, 0.5) is 9.59 Å². The number of amides is 2. The summed E-state index contributed by atoms with van der Waals surface area (Å²) in [5.41, 5.74) is 0.928. The standard InChI is InChI=1S/C15H19N3O4Se/c1-4-21-14(19)17-11(3)16-13(12-9-7-6-8-10-12)23-18(17)15(20)22-5-2/h6-11H,4-5H2,1-3H3. The topological polar surface area (TPSA) is 71.4 Å². The first kappa shape index (κ1) is 17.3. The first-order chi connectivity index (χ1) is 11.1. The van der Waals surface area contributed by atoms with E-state index < -0.39 is 33.5 Å². The van der Waals surface area contributed by atoms with Gasteiger partial charge in [0, 0.05) is 0 Å². The average molecular weight is 384 g/mol. The van der Waals surface area contributed by atoms with E-state index in [2.05, 4.69) is 4.99 Å². The third-order valence-corrected chi connectivity index (χ3v) is 5.05. The van der Waals surface area contributed by atoms with Gasteiger partial charge in [-0.1, -0.05) is 0 Å². The Kier molecular flexibility index (Phi) is 6.01. The van der Waals surface area contributed by atoms with E-state index in [9.17, 15) is 9.59 Å². The van der Waals surface area contributed by atoms with Crippen LogP contribution >= 0.6 is 0 Å². The summed E-state index contributed by atoms with van der Waals surface area (Å²) in [5.74, 6) is 0. The maximum absolute atomic E-state index is 12.3. The van der Waals surface area contributed by atoms with Crippen LogP contribution in [0.1, 0.15) is 26.3 Å². The van der Waals surface area contributed by atoms with E-state index in [1.165, 1.54) is 9.03 Å². The molecule has 0 saturated carbocycles. The SMILES string of the molecule is CCOC(=O)N1[Se]C(c2ccccc2)=NC(C)N1C(=O)OCC. The molecule has 23 heavy (non-hydrogen) atoms. The Hall–Kier alpha value is -2.05. The summed E-state index contributed by atoms with van der Waals surface area (Å²) in [6.07, 6.45) is -1.73. The number of benzene rings is 1. The minimum absolute atomic E-state index is 0.223. The molecule has 0 radical (unpaired) electrons. The Morgan fingerprint density at radius 1 is 1.13 bits per heavy atom. The zero-order chi connectivity index (χ0) is 16.8. The van der Waals surface area contributed by atoms with Gasteiger partial charge < -0.3 is 0 Å². The quantitative estimate of drug-likeness (QED) is 0.750. The number of rotatable bonds is 3. The fourth-order valence-electron chi connectivity index (χ4n) is 1.95. The summed E-state index contributed by atoms with van der Waals surface area (Å²) < 4.78 is 12.2. The van der Waals surface area contributed by atoms with Gasteiger partial charge in [0.25, 0.3) is 0 Å². The average Bonchev–Trinajstić information content (AvgIpc) is 2.55. The van der Waals surface area contributed by atoms with Gasteiger partial charge in [-0.05, 0) is 0 Å². The first-order valence-electron chi connectivity index (χ1n) is 7.32. The number of carbonyl (C=O) groups excluding carboxylic acids is 2. The van der Waals surface area contributed by atoms with Crippen LogP contribution in [0.2, 0.25) is 0 Å². The Morgan fingerprint density at radius 2 is 1.74 bits per heavy atom. The van der Waals surface area contributed by atoms with Gasteiger partial charge in [-0.15, -0.1) is 0 Å². The fraction of sp³-hybridized carbons (Fsp3) is 0.400. The van der Waals surface area contributed by atoms with Crippen LogP contribution in [0.25, 0.3) is 0 Å². The van der Waals surface area contributed by atoms with Crippen LogP contribution in [0.15, 0.2) is 35.3 Å². The molecular weight excluding hydrogens is 365 g/mol. The summed E-state index contributed by atoms with van der Waals surface area (Å²) >= 11 is -0.521. The molecule has 1 aliphatic rings. The molecular formula is C15H19N3O4Se. The Morgan fingerprint density at radius 3 is 2.35 bits per heavy atom. The molecule has 0 fully saturated rings. The zero-order valence-electron chi connectivity index (χ0n) is 13.3. The van der Waals surface area contributed by atoms with E-state index in [0.29, 0.717) is 0 Å². The Labute approximate surface area is 141 Å². The number of hydrazine groups is 1. The molecule has 0 saturated heterocycles.